The van der Waals surface area contributed by atoms with E-state index >= 15 is 0 Å². The predicted octanol–water partition coefficient (Wildman–Crippen LogP) is 1.41. The van der Waals surface area contributed by atoms with Crippen LogP contribution in [0, 0.1) is 6.92 Å². The fraction of sp³-hybridized carbons (Fsp3) is 0.250. The number of ether oxygens (including phenoxy) is 1. The van der Waals surface area contributed by atoms with Gasteiger partial charge in [-0.25, -0.2) is 9.78 Å². The largest absolute Gasteiger partial charge is 0.462 e. The van der Waals surface area contributed by atoms with Gasteiger partial charge in [0.25, 0.3) is 5.56 Å². The second-order valence-electron chi connectivity index (χ2n) is 3.62. The average Bonchev–Trinajstić information content (AvgIpc) is 2.28. The van der Waals surface area contributed by atoms with E-state index in [1.54, 1.807) is 13.0 Å². The van der Waals surface area contributed by atoms with Crippen molar-refractivity contribution in [3.63, 3.8) is 0 Å². The van der Waals surface area contributed by atoms with Gasteiger partial charge >= 0.3 is 5.97 Å². The molecule has 0 radical (unpaired) electrons. The number of aryl methyl sites for hydroxylation is 1. The van der Waals surface area contributed by atoms with E-state index in [9.17, 15) is 9.59 Å². The van der Waals surface area contributed by atoms with Crippen molar-refractivity contribution in [2.75, 3.05) is 6.61 Å². The molecule has 1 N–H and O–H groups in total. The molecule has 0 amide bonds. The number of hydrogen-bond acceptors (Lipinski definition) is 4. The number of aromatic nitrogens is 2. The molecule has 0 saturated carbocycles. The summed E-state index contributed by atoms with van der Waals surface area (Å²) in [6.07, 6.45) is 0. The summed E-state index contributed by atoms with van der Waals surface area (Å²) in [6, 6.07) is 5.12. The van der Waals surface area contributed by atoms with Crippen LogP contribution in [0.5, 0.6) is 0 Å². The van der Waals surface area contributed by atoms with Gasteiger partial charge in [-0.2, -0.15) is 0 Å². The zero-order chi connectivity index (χ0) is 12.4. The Kier molecular flexibility index (Phi) is 2.91. The predicted molar refractivity (Wildman–Crippen MR) is 63.1 cm³/mol. The topological polar surface area (TPSA) is 72.0 Å². The van der Waals surface area contributed by atoms with Gasteiger partial charge < -0.3 is 9.72 Å². The summed E-state index contributed by atoms with van der Waals surface area (Å²) in [5.74, 6) is -0.615. The summed E-state index contributed by atoms with van der Waals surface area (Å²) in [6.45, 7) is 3.76. The molecule has 88 valence electrons. The lowest BCUT2D eigenvalue weighted by Gasteiger charge is -2.03. The van der Waals surface area contributed by atoms with Crippen LogP contribution in [0.3, 0.4) is 0 Å². The van der Waals surface area contributed by atoms with Crippen molar-refractivity contribution in [3.8, 4) is 0 Å². The molecule has 0 fully saturated rings. The van der Waals surface area contributed by atoms with Gasteiger partial charge in [-0.15, -0.1) is 0 Å². The molecule has 17 heavy (non-hydrogen) atoms. The SMILES string of the molecule is CCOC(=O)c1cc2ccc(C)nc2[nH]c1=O. The minimum absolute atomic E-state index is 0.00463. The molecule has 2 rings (SSSR count). The van der Waals surface area contributed by atoms with Crippen molar-refractivity contribution in [2.45, 2.75) is 13.8 Å². The lowest BCUT2D eigenvalue weighted by Crippen LogP contribution is -2.19. The van der Waals surface area contributed by atoms with E-state index in [-0.39, 0.29) is 12.2 Å². The van der Waals surface area contributed by atoms with Crippen LogP contribution >= 0.6 is 0 Å². The van der Waals surface area contributed by atoms with Crippen LogP contribution in [0.15, 0.2) is 23.0 Å². The third-order valence-corrected chi connectivity index (χ3v) is 2.34. The minimum atomic E-state index is -0.615. The fourth-order valence-electron chi connectivity index (χ4n) is 1.54. The number of carbonyl (C=O) groups is 1. The Balaban J connectivity index is 2.60. The van der Waals surface area contributed by atoms with Gasteiger partial charge in [-0.3, -0.25) is 4.79 Å². The molecule has 5 heteroatoms. The van der Waals surface area contributed by atoms with Crippen molar-refractivity contribution < 1.29 is 9.53 Å². The molecule has 2 aromatic heterocycles. The summed E-state index contributed by atoms with van der Waals surface area (Å²) < 4.78 is 4.80. The zero-order valence-corrected chi connectivity index (χ0v) is 9.61. The lowest BCUT2D eigenvalue weighted by atomic mass is 10.2. The normalized spacial score (nSPS) is 10.5. The number of fused-ring (bicyclic) bond motifs is 1. The highest BCUT2D eigenvalue weighted by molar-refractivity contribution is 5.92. The second kappa shape index (κ2) is 4.37. The van der Waals surface area contributed by atoms with Gasteiger partial charge in [0.2, 0.25) is 0 Å². The van der Waals surface area contributed by atoms with E-state index in [1.807, 2.05) is 13.0 Å². The van der Waals surface area contributed by atoms with Crippen molar-refractivity contribution in [3.05, 3.63) is 39.8 Å². The Hall–Kier alpha value is -2.17. The molecule has 0 unspecified atom stereocenters. The van der Waals surface area contributed by atoms with Gasteiger partial charge in [-0.05, 0) is 32.0 Å². The maximum Gasteiger partial charge on any atom is 0.343 e. The molecule has 0 bridgehead atoms. The monoisotopic (exact) mass is 232 g/mol. The van der Waals surface area contributed by atoms with E-state index in [0.29, 0.717) is 11.0 Å². The van der Waals surface area contributed by atoms with Crippen molar-refractivity contribution >= 4 is 17.0 Å². The number of nitrogens with one attached hydrogen (secondary N) is 1. The standard InChI is InChI=1S/C12H12N2O3/c1-3-17-12(16)9-6-8-5-4-7(2)13-10(8)14-11(9)15/h4-6H,3H2,1-2H3,(H,13,14,15). The summed E-state index contributed by atoms with van der Waals surface area (Å²) in [7, 11) is 0. The Morgan fingerprint density at radius 3 is 2.94 bits per heavy atom. The van der Waals surface area contributed by atoms with Gasteiger partial charge in [0, 0.05) is 11.1 Å². The summed E-state index contributed by atoms with van der Waals surface area (Å²) in [5.41, 5.74) is 0.805. The van der Waals surface area contributed by atoms with Crippen molar-refractivity contribution in [1.82, 2.24) is 9.97 Å². The minimum Gasteiger partial charge on any atom is -0.462 e. The third kappa shape index (κ3) is 2.18. The Morgan fingerprint density at radius 1 is 1.47 bits per heavy atom. The first-order valence-electron chi connectivity index (χ1n) is 5.29. The van der Waals surface area contributed by atoms with Crippen LogP contribution in [0.4, 0.5) is 0 Å². The second-order valence-corrected chi connectivity index (χ2v) is 3.62. The first-order chi connectivity index (χ1) is 8.11. The number of rotatable bonds is 2. The maximum atomic E-state index is 11.7. The van der Waals surface area contributed by atoms with Crippen LogP contribution in [0.2, 0.25) is 0 Å². The molecular formula is C12H12N2O3. The zero-order valence-electron chi connectivity index (χ0n) is 9.61. The Bertz CT molecular complexity index is 631. The fourth-order valence-corrected chi connectivity index (χ4v) is 1.54. The maximum absolute atomic E-state index is 11.7. The number of carbonyl (C=O) groups excluding carboxylic acids is 1. The van der Waals surface area contributed by atoms with Gasteiger partial charge in [-0.1, -0.05) is 0 Å². The number of esters is 1. The molecule has 0 spiro atoms. The molecule has 5 nitrogen and oxygen atoms in total. The van der Waals surface area contributed by atoms with Crippen LogP contribution in [-0.2, 0) is 4.74 Å². The van der Waals surface area contributed by atoms with E-state index in [1.165, 1.54) is 6.07 Å². The van der Waals surface area contributed by atoms with Crippen LogP contribution in [0.1, 0.15) is 23.0 Å². The first-order valence-corrected chi connectivity index (χ1v) is 5.29. The van der Waals surface area contributed by atoms with E-state index in [4.69, 9.17) is 4.74 Å². The quantitative estimate of drug-likeness (QED) is 0.794. The highest BCUT2D eigenvalue weighted by Gasteiger charge is 2.12. The van der Waals surface area contributed by atoms with E-state index in [2.05, 4.69) is 9.97 Å². The molecule has 0 saturated heterocycles. The van der Waals surface area contributed by atoms with Gasteiger partial charge in [0.1, 0.15) is 11.2 Å². The van der Waals surface area contributed by atoms with E-state index in [0.717, 1.165) is 5.69 Å². The summed E-state index contributed by atoms with van der Waals surface area (Å²) in [5, 5.41) is 0.707. The Morgan fingerprint density at radius 2 is 2.24 bits per heavy atom. The number of pyridine rings is 2. The highest BCUT2D eigenvalue weighted by Crippen LogP contribution is 2.10. The molecule has 2 heterocycles. The molecule has 0 aliphatic heterocycles. The number of hydrogen-bond donors (Lipinski definition) is 1. The summed E-state index contributed by atoms with van der Waals surface area (Å²) >= 11 is 0. The number of aromatic amines is 1. The van der Waals surface area contributed by atoms with Crippen molar-refractivity contribution in [1.29, 1.82) is 0 Å². The van der Waals surface area contributed by atoms with Gasteiger partial charge in [0.15, 0.2) is 0 Å². The van der Waals surface area contributed by atoms with Gasteiger partial charge in [0.05, 0.1) is 6.61 Å². The molecule has 2 aromatic rings. The van der Waals surface area contributed by atoms with Crippen molar-refractivity contribution in [2.24, 2.45) is 0 Å². The molecule has 0 atom stereocenters. The van der Waals surface area contributed by atoms with Crippen LogP contribution in [0.25, 0.3) is 11.0 Å². The molecular weight excluding hydrogens is 220 g/mol. The summed E-state index contributed by atoms with van der Waals surface area (Å²) in [4.78, 5) is 29.9. The number of H-pyrrole nitrogens is 1. The first kappa shape index (κ1) is 11.3. The molecule has 0 aliphatic carbocycles. The van der Waals surface area contributed by atoms with Crippen LogP contribution < -0.4 is 5.56 Å². The number of nitrogens with zero attached hydrogens (tertiary/aromatic N) is 1. The van der Waals surface area contributed by atoms with E-state index < -0.39 is 11.5 Å². The lowest BCUT2D eigenvalue weighted by molar-refractivity contribution is 0.0524. The molecule has 0 aliphatic rings. The smallest absolute Gasteiger partial charge is 0.343 e. The average molecular weight is 232 g/mol. The van der Waals surface area contributed by atoms with Crippen LogP contribution in [-0.4, -0.2) is 22.5 Å². The third-order valence-electron chi connectivity index (χ3n) is 2.34. The molecule has 0 aromatic carbocycles. The Labute approximate surface area is 97.4 Å². The highest BCUT2D eigenvalue weighted by atomic mass is 16.5.